The Morgan fingerprint density at radius 1 is 1.26 bits per heavy atom. The molecule has 0 spiro atoms. The van der Waals surface area contributed by atoms with Crippen molar-refractivity contribution in [3.8, 4) is 0 Å². The van der Waals surface area contributed by atoms with Crippen LogP contribution in [0.1, 0.15) is 22.8 Å². The molecule has 5 nitrogen and oxygen atoms in total. The van der Waals surface area contributed by atoms with Gasteiger partial charge in [0.05, 0.1) is 12.8 Å². The molecule has 19 heavy (non-hydrogen) atoms. The van der Waals surface area contributed by atoms with Crippen molar-refractivity contribution in [2.45, 2.75) is 26.9 Å². The van der Waals surface area contributed by atoms with Crippen molar-refractivity contribution in [3.63, 3.8) is 0 Å². The van der Waals surface area contributed by atoms with Gasteiger partial charge in [0.15, 0.2) is 0 Å². The van der Waals surface area contributed by atoms with E-state index in [2.05, 4.69) is 27.2 Å². The van der Waals surface area contributed by atoms with Crippen molar-refractivity contribution >= 4 is 5.82 Å². The Kier molecular flexibility index (Phi) is 4.16. The third-order valence-electron chi connectivity index (χ3n) is 2.97. The molecule has 0 radical (unpaired) electrons. The summed E-state index contributed by atoms with van der Waals surface area (Å²) >= 11 is 0. The highest BCUT2D eigenvalue weighted by atomic mass is 16.3. The van der Waals surface area contributed by atoms with Gasteiger partial charge in [0, 0.05) is 30.9 Å². The van der Waals surface area contributed by atoms with Gasteiger partial charge in [0.2, 0.25) is 0 Å². The smallest absolute Gasteiger partial charge is 0.144 e. The molecule has 0 atom stereocenters. The minimum absolute atomic E-state index is 0.709. The van der Waals surface area contributed by atoms with E-state index in [-0.39, 0.29) is 0 Å². The molecule has 0 unspecified atom stereocenters. The zero-order valence-electron chi connectivity index (χ0n) is 11.9. The monoisotopic (exact) mass is 260 g/mol. The predicted molar refractivity (Wildman–Crippen MR) is 74.9 cm³/mol. The number of anilines is 1. The lowest BCUT2D eigenvalue weighted by Crippen LogP contribution is -2.19. The second kappa shape index (κ2) is 5.84. The first-order valence-electron chi connectivity index (χ1n) is 6.32. The molecule has 0 bridgehead atoms. The second-order valence-corrected chi connectivity index (χ2v) is 4.74. The second-order valence-electron chi connectivity index (χ2n) is 4.74. The molecular formula is C14H20N4O. The number of furan rings is 1. The van der Waals surface area contributed by atoms with E-state index in [9.17, 15) is 0 Å². The van der Waals surface area contributed by atoms with Crippen molar-refractivity contribution < 1.29 is 4.42 Å². The first-order chi connectivity index (χ1) is 9.08. The Hall–Kier alpha value is -1.88. The van der Waals surface area contributed by atoms with Gasteiger partial charge in [0.1, 0.15) is 17.4 Å². The summed E-state index contributed by atoms with van der Waals surface area (Å²) in [6.45, 7) is 5.49. The molecule has 0 aliphatic carbocycles. The Balaban J connectivity index is 2.04. The summed E-state index contributed by atoms with van der Waals surface area (Å²) in [4.78, 5) is 11.1. The molecule has 0 aromatic carbocycles. The zero-order chi connectivity index (χ0) is 13.8. The highest BCUT2D eigenvalue weighted by Gasteiger charge is 2.08. The van der Waals surface area contributed by atoms with E-state index < -0.39 is 0 Å². The molecule has 0 aliphatic heterocycles. The molecule has 102 valence electrons. The van der Waals surface area contributed by atoms with E-state index in [1.807, 2.05) is 33.0 Å². The Labute approximate surface area is 113 Å². The minimum Gasteiger partial charge on any atom is -0.469 e. The Morgan fingerprint density at radius 3 is 2.68 bits per heavy atom. The maximum atomic E-state index is 5.30. The van der Waals surface area contributed by atoms with Crippen molar-refractivity contribution in [1.29, 1.82) is 0 Å². The number of nitrogens with one attached hydrogen (secondary N) is 1. The molecule has 1 N–H and O–H groups in total. The van der Waals surface area contributed by atoms with Crippen LogP contribution >= 0.6 is 0 Å². The lowest BCUT2D eigenvalue weighted by molar-refractivity contribution is 0.308. The summed E-state index contributed by atoms with van der Waals surface area (Å²) in [6.07, 6.45) is 1.72. The van der Waals surface area contributed by atoms with Gasteiger partial charge in [-0.1, -0.05) is 0 Å². The van der Waals surface area contributed by atoms with Crippen LogP contribution in [0.15, 0.2) is 22.8 Å². The fourth-order valence-corrected chi connectivity index (χ4v) is 1.99. The van der Waals surface area contributed by atoms with E-state index in [1.54, 1.807) is 6.26 Å². The molecule has 2 rings (SSSR count). The van der Waals surface area contributed by atoms with Crippen LogP contribution in [0.2, 0.25) is 0 Å². The van der Waals surface area contributed by atoms with Gasteiger partial charge in [-0.15, -0.1) is 0 Å². The highest BCUT2D eigenvalue weighted by molar-refractivity contribution is 5.34. The number of hydrogen-bond acceptors (Lipinski definition) is 5. The minimum atomic E-state index is 0.709. The maximum Gasteiger partial charge on any atom is 0.144 e. The molecule has 5 heteroatoms. The lowest BCUT2D eigenvalue weighted by Gasteiger charge is -2.15. The van der Waals surface area contributed by atoms with E-state index in [1.165, 1.54) is 5.56 Å². The molecule has 2 aromatic heterocycles. The van der Waals surface area contributed by atoms with Crippen LogP contribution in [0.25, 0.3) is 0 Å². The Bertz CT molecular complexity index is 550. The molecule has 2 heterocycles. The van der Waals surface area contributed by atoms with Crippen molar-refractivity contribution in [3.05, 3.63) is 41.2 Å². The van der Waals surface area contributed by atoms with Gasteiger partial charge >= 0.3 is 0 Å². The van der Waals surface area contributed by atoms with Gasteiger partial charge in [-0.25, -0.2) is 9.97 Å². The molecule has 2 aromatic rings. The topological polar surface area (TPSA) is 54.2 Å². The van der Waals surface area contributed by atoms with Crippen LogP contribution in [0.4, 0.5) is 5.82 Å². The number of aryl methyl sites for hydroxylation is 2. The van der Waals surface area contributed by atoms with Gasteiger partial charge < -0.3 is 9.73 Å². The van der Waals surface area contributed by atoms with Gasteiger partial charge in [-0.05, 0) is 27.0 Å². The summed E-state index contributed by atoms with van der Waals surface area (Å²) in [7, 11) is 3.92. The first-order valence-corrected chi connectivity index (χ1v) is 6.32. The Morgan fingerprint density at radius 2 is 2.05 bits per heavy atom. The quantitative estimate of drug-likeness (QED) is 0.894. The number of aromatic nitrogens is 2. The summed E-state index contributed by atoms with van der Waals surface area (Å²) in [5.74, 6) is 2.65. The largest absolute Gasteiger partial charge is 0.469 e. The van der Waals surface area contributed by atoms with Crippen LogP contribution in [0.3, 0.4) is 0 Å². The van der Waals surface area contributed by atoms with E-state index in [4.69, 9.17) is 4.42 Å². The molecule has 0 saturated carbocycles. The average molecular weight is 260 g/mol. The van der Waals surface area contributed by atoms with Crippen molar-refractivity contribution in [2.75, 3.05) is 19.4 Å². The fraction of sp³-hybridized carbons (Fsp3) is 0.429. The SMILES string of the molecule is CNc1cc(C)nc(CN(C)Cc2ccoc2C)n1. The lowest BCUT2D eigenvalue weighted by atomic mass is 10.2. The van der Waals surface area contributed by atoms with Crippen LogP contribution in [0.5, 0.6) is 0 Å². The highest BCUT2D eigenvalue weighted by Crippen LogP contribution is 2.13. The van der Waals surface area contributed by atoms with E-state index >= 15 is 0 Å². The molecule has 0 amide bonds. The molecule has 0 saturated heterocycles. The summed E-state index contributed by atoms with van der Waals surface area (Å²) in [5.41, 5.74) is 2.17. The summed E-state index contributed by atoms with van der Waals surface area (Å²) < 4.78 is 5.30. The third-order valence-corrected chi connectivity index (χ3v) is 2.97. The number of rotatable bonds is 5. The fourth-order valence-electron chi connectivity index (χ4n) is 1.99. The molecular weight excluding hydrogens is 240 g/mol. The standard InChI is InChI=1S/C14H20N4O/c1-10-7-13(15-3)17-14(16-10)9-18(4)8-12-5-6-19-11(12)2/h5-7H,8-9H2,1-4H3,(H,15,16,17). The van der Waals surface area contributed by atoms with E-state index in [0.717, 1.165) is 29.6 Å². The maximum absolute atomic E-state index is 5.30. The van der Waals surface area contributed by atoms with Crippen molar-refractivity contribution in [2.24, 2.45) is 0 Å². The van der Waals surface area contributed by atoms with Crippen molar-refractivity contribution in [1.82, 2.24) is 14.9 Å². The van der Waals surface area contributed by atoms with Crippen LogP contribution < -0.4 is 5.32 Å². The first kappa shape index (κ1) is 13.5. The number of nitrogens with zero attached hydrogens (tertiary/aromatic N) is 3. The average Bonchev–Trinajstić information content (AvgIpc) is 2.74. The normalized spacial score (nSPS) is 11.0. The summed E-state index contributed by atoms with van der Waals surface area (Å²) in [5, 5.41) is 3.05. The zero-order valence-corrected chi connectivity index (χ0v) is 11.9. The predicted octanol–water partition coefficient (Wildman–Crippen LogP) is 2.36. The van der Waals surface area contributed by atoms with Gasteiger partial charge in [0.25, 0.3) is 0 Å². The van der Waals surface area contributed by atoms with Gasteiger partial charge in [-0.3, -0.25) is 4.90 Å². The van der Waals surface area contributed by atoms with Crippen LogP contribution in [-0.4, -0.2) is 29.0 Å². The van der Waals surface area contributed by atoms with Gasteiger partial charge in [-0.2, -0.15) is 0 Å². The third kappa shape index (κ3) is 3.54. The summed E-state index contributed by atoms with van der Waals surface area (Å²) in [6, 6.07) is 3.94. The van der Waals surface area contributed by atoms with E-state index in [0.29, 0.717) is 6.54 Å². The molecule has 0 aliphatic rings. The van der Waals surface area contributed by atoms with Crippen LogP contribution in [-0.2, 0) is 13.1 Å². The molecule has 0 fully saturated rings. The number of hydrogen-bond donors (Lipinski definition) is 1. The van der Waals surface area contributed by atoms with Crippen LogP contribution in [0, 0.1) is 13.8 Å².